The number of methoxy groups -OCH3 is 1. The number of para-hydroxylation sites is 2. The minimum atomic E-state index is -0.197. The van der Waals surface area contributed by atoms with Gasteiger partial charge in [0, 0.05) is 11.3 Å². The first-order valence-electron chi connectivity index (χ1n) is 8.60. The number of carbonyl (C=O) groups excluding carboxylic acids is 1. The van der Waals surface area contributed by atoms with Crippen LogP contribution < -0.4 is 9.64 Å². The number of amides is 1. The maximum atomic E-state index is 13.0. The molecule has 0 bridgehead atoms. The topological polar surface area (TPSA) is 51.1 Å². The highest BCUT2D eigenvalue weighted by molar-refractivity contribution is 6.55. The lowest BCUT2D eigenvalue weighted by molar-refractivity contribution is -0.111. The van der Waals surface area contributed by atoms with Crippen LogP contribution in [0.25, 0.3) is 0 Å². The molecule has 0 fully saturated rings. The van der Waals surface area contributed by atoms with Crippen LogP contribution in [0.1, 0.15) is 11.1 Å². The molecule has 4 rings (SSSR count). The molecule has 1 aliphatic rings. The van der Waals surface area contributed by atoms with E-state index in [-0.39, 0.29) is 12.5 Å². The van der Waals surface area contributed by atoms with Gasteiger partial charge in [0.2, 0.25) is 0 Å². The summed E-state index contributed by atoms with van der Waals surface area (Å²) >= 11 is 0. The lowest BCUT2D eigenvalue weighted by Gasteiger charge is -2.16. The molecule has 0 unspecified atom stereocenters. The van der Waals surface area contributed by atoms with Crippen LogP contribution in [0.15, 0.2) is 84.0 Å². The highest BCUT2D eigenvalue weighted by Gasteiger charge is 2.35. The molecule has 0 radical (unpaired) electrons. The van der Waals surface area contributed by atoms with Crippen LogP contribution >= 0.6 is 0 Å². The van der Waals surface area contributed by atoms with Crippen molar-refractivity contribution in [3.8, 4) is 5.75 Å². The molecule has 0 saturated carbocycles. The van der Waals surface area contributed by atoms with Gasteiger partial charge in [-0.1, -0.05) is 53.7 Å². The molecule has 0 spiro atoms. The first kappa shape index (κ1) is 16.8. The molecule has 134 valence electrons. The van der Waals surface area contributed by atoms with Crippen molar-refractivity contribution in [1.29, 1.82) is 0 Å². The van der Waals surface area contributed by atoms with E-state index in [0.29, 0.717) is 5.71 Å². The fourth-order valence-corrected chi connectivity index (χ4v) is 3.01. The molecule has 27 heavy (non-hydrogen) atoms. The van der Waals surface area contributed by atoms with E-state index in [1.165, 1.54) is 0 Å². The van der Waals surface area contributed by atoms with Gasteiger partial charge in [-0.2, -0.15) is 0 Å². The highest BCUT2D eigenvalue weighted by atomic mass is 16.6. The standard InChI is InChI=1S/C22H18N2O3/c1-26-18-13-11-16(12-14-18)15-27-23-21-19-9-5-6-10-20(19)24(22(21)25)17-7-3-2-4-8-17/h2-14H,15H2,1H3/b23-21-. The van der Waals surface area contributed by atoms with Crippen LogP contribution in [-0.2, 0) is 16.2 Å². The van der Waals surface area contributed by atoms with E-state index in [2.05, 4.69) is 5.16 Å². The molecule has 0 N–H and O–H groups in total. The molecule has 3 aromatic rings. The second-order valence-electron chi connectivity index (χ2n) is 6.05. The molecule has 0 saturated heterocycles. The van der Waals surface area contributed by atoms with Gasteiger partial charge in [-0.05, 0) is 35.9 Å². The molecule has 1 aliphatic heterocycles. The average molecular weight is 358 g/mol. The quantitative estimate of drug-likeness (QED) is 0.639. The maximum Gasteiger partial charge on any atom is 0.285 e. The number of hydrogen-bond acceptors (Lipinski definition) is 4. The smallest absolute Gasteiger partial charge is 0.285 e. The molecule has 1 amide bonds. The van der Waals surface area contributed by atoms with Gasteiger partial charge >= 0.3 is 0 Å². The van der Waals surface area contributed by atoms with E-state index in [0.717, 1.165) is 28.3 Å². The molecule has 0 atom stereocenters. The lowest BCUT2D eigenvalue weighted by Crippen LogP contribution is -2.25. The van der Waals surface area contributed by atoms with Gasteiger partial charge in [0.15, 0.2) is 5.71 Å². The van der Waals surface area contributed by atoms with Crippen LogP contribution in [-0.4, -0.2) is 18.7 Å². The SMILES string of the molecule is COc1ccc(CO/N=C2\C(=O)N(c3ccccc3)c3ccccc32)cc1. The number of fused-ring (bicyclic) bond motifs is 1. The number of ether oxygens (including phenoxy) is 1. The summed E-state index contributed by atoms with van der Waals surface area (Å²) in [6.45, 7) is 0.272. The largest absolute Gasteiger partial charge is 0.497 e. The third-order valence-corrected chi connectivity index (χ3v) is 4.37. The summed E-state index contributed by atoms with van der Waals surface area (Å²) in [6.07, 6.45) is 0. The minimum Gasteiger partial charge on any atom is -0.497 e. The van der Waals surface area contributed by atoms with E-state index in [1.807, 2.05) is 78.9 Å². The molecular weight excluding hydrogens is 340 g/mol. The summed E-state index contributed by atoms with van der Waals surface area (Å²) < 4.78 is 5.14. The van der Waals surface area contributed by atoms with Gasteiger partial charge in [0.25, 0.3) is 5.91 Å². The number of nitrogens with zero attached hydrogens (tertiary/aromatic N) is 2. The first-order chi connectivity index (χ1) is 13.3. The maximum absolute atomic E-state index is 13.0. The number of benzene rings is 3. The summed E-state index contributed by atoms with van der Waals surface area (Å²) in [5.74, 6) is 0.584. The fourth-order valence-electron chi connectivity index (χ4n) is 3.01. The van der Waals surface area contributed by atoms with Crippen molar-refractivity contribution in [2.45, 2.75) is 6.61 Å². The number of hydrogen-bond donors (Lipinski definition) is 0. The molecule has 0 aromatic heterocycles. The Labute approximate surface area is 157 Å². The predicted octanol–water partition coefficient (Wildman–Crippen LogP) is 4.29. The van der Waals surface area contributed by atoms with Crippen LogP contribution in [0.4, 0.5) is 11.4 Å². The van der Waals surface area contributed by atoms with Crippen molar-refractivity contribution >= 4 is 23.0 Å². The Morgan fingerprint density at radius 3 is 2.33 bits per heavy atom. The van der Waals surface area contributed by atoms with Gasteiger partial charge in [-0.15, -0.1) is 0 Å². The Bertz CT molecular complexity index is 982. The summed E-state index contributed by atoms with van der Waals surface area (Å²) in [4.78, 5) is 20.1. The van der Waals surface area contributed by atoms with E-state index in [1.54, 1.807) is 12.0 Å². The van der Waals surface area contributed by atoms with Crippen LogP contribution in [0.3, 0.4) is 0 Å². The first-order valence-corrected chi connectivity index (χ1v) is 8.60. The van der Waals surface area contributed by atoms with E-state index >= 15 is 0 Å². The van der Waals surface area contributed by atoms with Crippen molar-refractivity contribution in [1.82, 2.24) is 0 Å². The van der Waals surface area contributed by atoms with Crippen molar-refractivity contribution in [2.24, 2.45) is 5.16 Å². The van der Waals surface area contributed by atoms with Crippen molar-refractivity contribution in [2.75, 3.05) is 12.0 Å². The van der Waals surface area contributed by atoms with Gasteiger partial charge < -0.3 is 9.57 Å². The summed E-state index contributed by atoms with van der Waals surface area (Å²) in [7, 11) is 1.62. The Kier molecular flexibility index (Phi) is 4.58. The summed E-state index contributed by atoms with van der Waals surface area (Å²) in [5.41, 5.74) is 3.62. The van der Waals surface area contributed by atoms with Crippen LogP contribution in [0.5, 0.6) is 5.75 Å². The third kappa shape index (κ3) is 3.27. The second kappa shape index (κ2) is 7.33. The number of rotatable bonds is 5. The number of oxime groups is 1. The van der Waals surface area contributed by atoms with Crippen molar-refractivity contribution < 1.29 is 14.4 Å². The molecule has 0 aliphatic carbocycles. The van der Waals surface area contributed by atoms with E-state index in [4.69, 9.17) is 9.57 Å². The number of carbonyl (C=O) groups is 1. The molecule has 5 nitrogen and oxygen atoms in total. The average Bonchev–Trinajstić information content (AvgIpc) is 3.01. The Morgan fingerprint density at radius 2 is 1.59 bits per heavy atom. The van der Waals surface area contributed by atoms with Gasteiger partial charge in [-0.3, -0.25) is 9.69 Å². The molecule has 3 aromatic carbocycles. The third-order valence-electron chi connectivity index (χ3n) is 4.37. The van der Waals surface area contributed by atoms with Gasteiger partial charge in [0.1, 0.15) is 12.4 Å². The Balaban J connectivity index is 1.59. The fraction of sp³-hybridized carbons (Fsp3) is 0.0909. The lowest BCUT2D eigenvalue weighted by atomic mass is 10.1. The van der Waals surface area contributed by atoms with Gasteiger partial charge in [0.05, 0.1) is 12.8 Å². The predicted molar refractivity (Wildman–Crippen MR) is 104 cm³/mol. The molecular formula is C22H18N2O3. The Hall–Kier alpha value is -3.60. The molecule has 5 heteroatoms. The minimum absolute atomic E-state index is 0.197. The summed E-state index contributed by atoms with van der Waals surface area (Å²) in [6, 6.07) is 24.6. The van der Waals surface area contributed by atoms with Crippen molar-refractivity contribution in [3.63, 3.8) is 0 Å². The van der Waals surface area contributed by atoms with Gasteiger partial charge in [-0.25, -0.2) is 0 Å². The zero-order valence-corrected chi connectivity index (χ0v) is 14.8. The zero-order chi connectivity index (χ0) is 18.6. The number of anilines is 2. The van der Waals surface area contributed by atoms with E-state index in [9.17, 15) is 4.79 Å². The van der Waals surface area contributed by atoms with Crippen molar-refractivity contribution in [3.05, 3.63) is 90.0 Å². The highest BCUT2D eigenvalue weighted by Crippen LogP contribution is 2.35. The monoisotopic (exact) mass is 358 g/mol. The molecule has 1 heterocycles. The second-order valence-corrected chi connectivity index (χ2v) is 6.05. The Morgan fingerprint density at radius 1 is 0.889 bits per heavy atom. The van der Waals surface area contributed by atoms with Crippen LogP contribution in [0, 0.1) is 0 Å². The normalized spacial score (nSPS) is 14.3. The van der Waals surface area contributed by atoms with Crippen LogP contribution in [0.2, 0.25) is 0 Å². The zero-order valence-electron chi connectivity index (χ0n) is 14.8. The summed E-state index contributed by atoms with van der Waals surface area (Å²) in [5, 5.41) is 4.15. The van der Waals surface area contributed by atoms with E-state index < -0.39 is 0 Å².